The second-order valence-electron chi connectivity index (χ2n) is 10.4. The number of para-hydroxylation sites is 1. The van der Waals surface area contributed by atoms with Crippen molar-refractivity contribution in [3.8, 4) is 56.4 Å². The van der Waals surface area contributed by atoms with E-state index < -0.39 is 0 Å². The van der Waals surface area contributed by atoms with Crippen molar-refractivity contribution < 1.29 is 4.42 Å². The Hall–Kier alpha value is -5.87. The molecule has 0 aliphatic rings. The van der Waals surface area contributed by atoms with Gasteiger partial charge in [0.1, 0.15) is 11.2 Å². The maximum atomic E-state index is 6.24. The van der Waals surface area contributed by atoms with Gasteiger partial charge in [0.15, 0.2) is 17.5 Å². The van der Waals surface area contributed by atoms with Crippen LogP contribution in [0.2, 0.25) is 0 Å². The predicted molar refractivity (Wildman–Crippen MR) is 174 cm³/mol. The average molecular weight is 552 g/mol. The molecule has 0 atom stereocenters. The Morgan fingerprint density at radius 3 is 1.53 bits per heavy atom. The third kappa shape index (κ3) is 4.55. The van der Waals surface area contributed by atoms with Crippen LogP contribution in [0.25, 0.3) is 78.4 Å². The summed E-state index contributed by atoms with van der Waals surface area (Å²) < 4.78 is 6.24. The zero-order chi connectivity index (χ0) is 28.6. The lowest BCUT2D eigenvalue weighted by atomic mass is 9.90. The molecule has 0 N–H and O–H groups in total. The van der Waals surface area contributed by atoms with E-state index in [-0.39, 0.29) is 0 Å². The summed E-state index contributed by atoms with van der Waals surface area (Å²) in [4.78, 5) is 14.8. The molecule has 202 valence electrons. The molecule has 0 amide bonds. The van der Waals surface area contributed by atoms with Crippen LogP contribution >= 0.6 is 0 Å². The van der Waals surface area contributed by atoms with Crippen molar-refractivity contribution in [3.05, 3.63) is 152 Å². The van der Waals surface area contributed by atoms with Crippen LogP contribution in [0.5, 0.6) is 0 Å². The first kappa shape index (κ1) is 24.9. The molecule has 0 aliphatic carbocycles. The first-order valence-electron chi connectivity index (χ1n) is 14.3. The molecule has 43 heavy (non-hydrogen) atoms. The normalized spacial score (nSPS) is 11.3. The lowest BCUT2D eigenvalue weighted by Crippen LogP contribution is -2.00. The lowest BCUT2D eigenvalue weighted by molar-refractivity contribution is 0.669. The number of benzene rings is 6. The second-order valence-corrected chi connectivity index (χ2v) is 10.4. The van der Waals surface area contributed by atoms with Crippen LogP contribution in [0, 0.1) is 0 Å². The summed E-state index contributed by atoms with van der Waals surface area (Å²) in [7, 11) is 0. The summed E-state index contributed by atoms with van der Waals surface area (Å²) >= 11 is 0. The number of nitrogens with zero attached hydrogens (tertiary/aromatic N) is 3. The minimum absolute atomic E-state index is 0.628. The summed E-state index contributed by atoms with van der Waals surface area (Å²) in [6.45, 7) is 0. The van der Waals surface area contributed by atoms with Gasteiger partial charge in [-0.2, -0.15) is 0 Å². The lowest BCUT2D eigenvalue weighted by Gasteiger charge is -2.14. The largest absolute Gasteiger partial charge is 0.456 e. The summed E-state index contributed by atoms with van der Waals surface area (Å²) in [5.41, 5.74) is 9.02. The van der Waals surface area contributed by atoms with Gasteiger partial charge in [0.05, 0.1) is 0 Å². The number of aromatic nitrogens is 3. The van der Waals surface area contributed by atoms with E-state index in [0.717, 1.165) is 60.9 Å². The van der Waals surface area contributed by atoms with Crippen molar-refractivity contribution in [1.29, 1.82) is 0 Å². The Morgan fingerprint density at radius 2 is 0.884 bits per heavy atom. The van der Waals surface area contributed by atoms with Crippen LogP contribution < -0.4 is 0 Å². The van der Waals surface area contributed by atoms with Gasteiger partial charge in [-0.1, -0.05) is 133 Å². The van der Waals surface area contributed by atoms with Crippen LogP contribution in [0.3, 0.4) is 0 Å². The van der Waals surface area contributed by atoms with Gasteiger partial charge in [-0.25, -0.2) is 15.0 Å². The van der Waals surface area contributed by atoms with Gasteiger partial charge in [-0.05, 0) is 40.5 Å². The molecule has 0 bridgehead atoms. The predicted octanol–water partition coefficient (Wildman–Crippen LogP) is 10.1. The first-order chi connectivity index (χ1) is 21.3. The Morgan fingerprint density at radius 1 is 0.349 bits per heavy atom. The maximum Gasteiger partial charge on any atom is 0.164 e. The van der Waals surface area contributed by atoms with E-state index in [0.29, 0.717) is 17.5 Å². The van der Waals surface area contributed by atoms with Crippen LogP contribution in [0.4, 0.5) is 0 Å². The summed E-state index contributed by atoms with van der Waals surface area (Å²) in [5, 5.41) is 2.22. The Balaban J connectivity index is 1.36. The van der Waals surface area contributed by atoms with Crippen molar-refractivity contribution in [2.24, 2.45) is 0 Å². The molecular formula is C39H25N3O. The highest BCUT2D eigenvalue weighted by Crippen LogP contribution is 2.41. The molecule has 2 aromatic heterocycles. The maximum absolute atomic E-state index is 6.24. The van der Waals surface area contributed by atoms with Crippen molar-refractivity contribution >= 4 is 21.9 Å². The highest BCUT2D eigenvalue weighted by molar-refractivity contribution is 6.13. The molecule has 4 heteroatoms. The quantitative estimate of drug-likeness (QED) is 0.214. The Kier molecular flexibility index (Phi) is 6.08. The molecule has 2 heterocycles. The second kappa shape index (κ2) is 10.5. The zero-order valence-corrected chi connectivity index (χ0v) is 23.2. The van der Waals surface area contributed by atoms with E-state index in [1.807, 2.05) is 84.9 Å². The van der Waals surface area contributed by atoms with Gasteiger partial charge in [-0.15, -0.1) is 0 Å². The fourth-order valence-electron chi connectivity index (χ4n) is 5.71. The van der Waals surface area contributed by atoms with Gasteiger partial charge < -0.3 is 4.42 Å². The van der Waals surface area contributed by atoms with Gasteiger partial charge in [0, 0.05) is 27.5 Å². The number of furan rings is 1. The number of hydrogen-bond acceptors (Lipinski definition) is 4. The Labute approximate surface area is 249 Å². The molecule has 4 nitrogen and oxygen atoms in total. The summed E-state index contributed by atoms with van der Waals surface area (Å²) in [6, 6.07) is 51.6. The topological polar surface area (TPSA) is 51.8 Å². The van der Waals surface area contributed by atoms with Crippen LogP contribution in [0.15, 0.2) is 156 Å². The van der Waals surface area contributed by atoms with Crippen LogP contribution in [-0.2, 0) is 0 Å². The van der Waals surface area contributed by atoms with E-state index in [2.05, 4.69) is 66.7 Å². The minimum Gasteiger partial charge on any atom is -0.456 e. The van der Waals surface area contributed by atoms with Crippen molar-refractivity contribution in [2.45, 2.75) is 0 Å². The molecule has 0 radical (unpaired) electrons. The molecule has 6 aromatic carbocycles. The van der Waals surface area contributed by atoms with E-state index in [1.165, 1.54) is 0 Å². The highest BCUT2D eigenvalue weighted by Gasteiger charge is 2.18. The third-order valence-electron chi connectivity index (χ3n) is 7.75. The summed E-state index contributed by atoms with van der Waals surface area (Å²) in [5.74, 6) is 1.91. The van der Waals surface area contributed by atoms with E-state index in [4.69, 9.17) is 19.4 Å². The molecule has 0 spiro atoms. The van der Waals surface area contributed by atoms with Crippen molar-refractivity contribution in [3.63, 3.8) is 0 Å². The van der Waals surface area contributed by atoms with Crippen LogP contribution in [0.1, 0.15) is 0 Å². The van der Waals surface area contributed by atoms with Crippen molar-refractivity contribution in [1.82, 2.24) is 15.0 Å². The Bertz CT molecular complexity index is 2170. The molecule has 0 saturated heterocycles. The first-order valence-corrected chi connectivity index (χ1v) is 14.3. The monoisotopic (exact) mass is 551 g/mol. The molecule has 0 fully saturated rings. The molecule has 0 saturated carbocycles. The van der Waals surface area contributed by atoms with Crippen molar-refractivity contribution in [2.75, 3.05) is 0 Å². The molecule has 8 aromatic rings. The molecule has 8 rings (SSSR count). The highest BCUT2D eigenvalue weighted by atomic mass is 16.3. The SMILES string of the molecule is c1ccc(-c2nc(-c3ccccc3)nc(-c3ccc(-c4cccc5oc6ccccc6c45)c(-c4ccccc4)c3)n2)cc1. The number of hydrogen-bond donors (Lipinski definition) is 0. The van der Waals surface area contributed by atoms with Gasteiger partial charge in [-0.3, -0.25) is 0 Å². The number of fused-ring (bicyclic) bond motifs is 3. The minimum atomic E-state index is 0.628. The fourth-order valence-corrected chi connectivity index (χ4v) is 5.71. The summed E-state index contributed by atoms with van der Waals surface area (Å²) in [6.07, 6.45) is 0. The van der Waals surface area contributed by atoms with E-state index >= 15 is 0 Å². The third-order valence-corrected chi connectivity index (χ3v) is 7.75. The van der Waals surface area contributed by atoms with Gasteiger partial charge in [0.2, 0.25) is 0 Å². The smallest absolute Gasteiger partial charge is 0.164 e. The zero-order valence-electron chi connectivity index (χ0n) is 23.2. The number of rotatable bonds is 5. The molecular weight excluding hydrogens is 526 g/mol. The fraction of sp³-hybridized carbons (Fsp3) is 0. The van der Waals surface area contributed by atoms with Gasteiger partial charge in [0.25, 0.3) is 0 Å². The average Bonchev–Trinajstić information content (AvgIpc) is 3.48. The standard InChI is InChI=1S/C39H25N3O/c1-4-13-26(14-5-1)33-25-29(23-24-30(33)31-20-12-22-35-36(31)32-19-10-11-21-34(32)43-35)39-41-37(27-15-6-2-7-16-27)40-38(42-39)28-17-8-3-9-18-28/h1-25H. The van der Waals surface area contributed by atoms with E-state index in [9.17, 15) is 0 Å². The van der Waals surface area contributed by atoms with Gasteiger partial charge >= 0.3 is 0 Å². The molecule has 0 unspecified atom stereocenters. The molecule has 0 aliphatic heterocycles. The van der Waals surface area contributed by atoms with Crippen LogP contribution in [-0.4, -0.2) is 15.0 Å². The van der Waals surface area contributed by atoms with E-state index in [1.54, 1.807) is 0 Å².